The first-order valence-electron chi connectivity index (χ1n) is 7.57. The van der Waals surface area contributed by atoms with Gasteiger partial charge in [0.25, 0.3) is 5.91 Å². The van der Waals surface area contributed by atoms with E-state index < -0.39 is 4.92 Å². The van der Waals surface area contributed by atoms with Crippen LogP contribution in [0.25, 0.3) is 0 Å². The first kappa shape index (κ1) is 16.6. The third kappa shape index (κ3) is 3.63. The SMILES string of the molecule is COc1ccc(C(=O)NCCc2ccc3c(c2)OCO3)cc1[N+](=O)[O-]. The van der Waals surface area contributed by atoms with Crippen molar-refractivity contribution in [1.29, 1.82) is 0 Å². The van der Waals surface area contributed by atoms with E-state index >= 15 is 0 Å². The number of nitrogens with one attached hydrogen (secondary N) is 1. The maximum absolute atomic E-state index is 12.2. The highest BCUT2D eigenvalue weighted by molar-refractivity contribution is 5.95. The van der Waals surface area contributed by atoms with Gasteiger partial charge in [0, 0.05) is 18.2 Å². The summed E-state index contributed by atoms with van der Waals surface area (Å²) in [5.74, 6) is 1.13. The lowest BCUT2D eigenvalue weighted by Gasteiger charge is -2.07. The molecule has 2 aromatic carbocycles. The Morgan fingerprint density at radius 2 is 2.04 bits per heavy atom. The Morgan fingerprint density at radius 1 is 1.24 bits per heavy atom. The summed E-state index contributed by atoms with van der Waals surface area (Å²) < 4.78 is 15.5. The number of fused-ring (bicyclic) bond motifs is 1. The molecule has 25 heavy (non-hydrogen) atoms. The van der Waals surface area contributed by atoms with Crippen LogP contribution >= 0.6 is 0 Å². The van der Waals surface area contributed by atoms with E-state index in [2.05, 4.69) is 5.32 Å². The van der Waals surface area contributed by atoms with Gasteiger partial charge >= 0.3 is 5.69 Å². The summed E-state index contributed by atoms with van der Waals surface area (Å²) in [7, 11) is 1.34. The van der Waals surface area contributed by atoms with Gasteiger partial charge in [0.2, 0.25) is 6.79 Å². The third-order valence-corrected chi connectivity index (χ3v) is 3.77. The zero-order valence-corrected chi connectivity index (χ0v) is 13.5. The number of rotatable bonds is 6. The second kappa shape index (κ2) is 7.08. The van der Waals surface area contributed by atoms with Gasteiger partial charge in [-0.25, -0.2) is 0 Å². The van der Waals surface area contributed by atoms with Crippen molar-refractivity contribution in [3.05, 3.63) is 57.6 Å². The molecule has 8 nitrogen and oxygen atoms in total. The normalized spacial score (nSPS) is 11.9. The molecular weight excluding hydrogens is 328 g/mol. The fraction of sp³-hybridized carbons (Fsp3) is 0.235. The molecule has 8 heteroatoms. The van der Waals surface area contributed by atoms with E-state index in [-0.39, 0.29) is 29.7 Å². The molecule has 0 saturated heterocycles. The van der Waals surface area contributed by atoms with Crippen LogP contribution in [0, 0.1) is 10.1 Å². The number of methoxy groups -OCH3 is 1. The molecule has 130 valence electrons. The average molecular weight is 344 g/mol. The molecule has 2 aromatic rings. The van der Waals surface area contributed by atoms with Crippen LogP contribution in [0.1, 0.15) is 15.9 Å². The van der Waals surface area contributed by atoms with E-state index in [9.17, 15) is 14.9 Å². The van der Waals surface area contributed by atoms with Crippen LogP contribution in [0.5, 0.6) is 17.2 Å². The van der Waals surface area contributed by atoms with Crippen molar-refractivity contribution < 1.29 is 23.9 Å². The number of nitrogens with zero attached hydrogens (tertiary/aromatic N) is 1. The molecule has 0 radical (unpaired) electrons. The molecule has 0 unspecified atom stereocenters. The smallest absolute Gasteiger partial charge is 0.311 e. The summed E-state index contributed by atoms with van der Waals surface area (Å²) in [6.07, 6.45) is 0.598. The molecule has 1 heterocycles. The van der Waals surface area contributed by atoms with Crippen molar-refractivity contribution >= 4 is 11.6 Å². The number of amides is 1. The van der Waals surface area contributed by atoms with Crippen molar-refractivity contribution in [2.45, 2.75) is 6.42 Å². The molecule has 0 atom stereocenters. The van der Waals surface area contributed by atoms with Crippen molar-refractivity contribution in [1.82, 2.24) is 5.32 Å². The van der Waals surface area contributed by atoms with E-state index in [1.54, 1.807) is 0 Å². The summed E-state index contributed by atoms with van der Waals surface area (Å²) in [6, 6.07) is 9.69. The Bertz CT molecular complexity index is 821. The fourth-order valence-electron chi connectivity index (χ4n) is 2.49. The third-order valence-electron chi connectivity index (χ3n) is 3.77. The molecule has 0 aromatic heterocycles. The minimum Gasteiger partial charge on any atom is -0.490 e. The first-order valence-corrected chi connectivity index (χ1v) is 7.57. The summed E-state index contributed by atoms with van der Waals surface area (Å²) in [5.41, 5.74) is 0.953. The first-order chi connectivity index (χ1) is 12.1. The number of carbonyl (C=O) groups excluding carboxylic acids is 1. The number of carbonyl (C=O) groups is 1. The number of nitro benzene ring substituents is 1. The molecule has 1 aliphatic heterocycles. The molecule has 0 bridgehead atoms. The second-order valence-corrected chi connectivity index (χ2v) is 5.34. The molecule has 1 amide bonds. The van der Waals surface area contributed by atoms with Crippen LogP contribution in [0.4, 0.5) is 5.69 Å². The second-order valence-electron chi connectivity index (χ2n) is 5.34. The number of hydrogen-bond donors (Lipinski definition) is 1. The van der Waals surface area contributed by atoms with Gasteiger partial charge in [-0.2, -0.15) is 0 Å². The Hall–Kier alpha value is -3.29. The summed E-state index contributed by atoms with van der Waals surface area (Å²) in [5, 5.41) is 13.8. The van der Waals surface area contributed by atoms with E-state index in [0.29, 0.717) is 24.5 Å². The minimum atomic E-state index is -0.581. The van der Waals surface area contributed by atoms with Crippen molar-refractivity contribution in [3.8, 4) is 17.2 Å². The van der Waals surface area contributed by atoms with Gasteiger partial charge in [-0.3, -0.25) is 14.9 Å². The maximum atomic E-state index is 12.2. The van der Waals surface area contributed by atoms with Gasteiger partial charge in [-0.15, -0.1) is 0 Å². The number of nitro groups is 1. The summed E-state index contributed by atoms with van der Waals surface area (Å²) in [6.45, 7) is 0.601. The van der Waals surface area contributed by atoms with E-state index in [1.807, 2.05) is 18.2 Å². The Morgan fingerprint density at radius 3 is 2.80 bits per heavy atom. The number of ether oxygens (including phenoxy) is 3. The lowest BCUT2D eigenvalue weighted by molar-refractivity contribution is -0.385. The zero-order chi connectivity index (χ0) is 17.8. The number of benzene rings is 2. The quantitative estimate of drug-likeness (QED) is 0.637. The van der Waals surface area contributed by atoms with Crippen LogP contribution in [-0.4, -0.2) is 31.3 Å². The molecule has 1 N–H and O–H groups in total. The van der Waals surface area contributed by atoms with Gasteiger partial charge in [-0.05, 0) is 36.2 Å². The zero-order valence-electron chi connectivity index (χ0n) is 13.5. The van der Waals surface area contributed by atoms with Crippen LogP contribution in [-0.2, 0) is 6.42 Å². The van der Waals surface area contributed by atoms with Gasteiger partial charge in [0.1, 0.15) is 0 Å². The van der Waals surface area contributed by atoms with Crippen LogP contribution in [0.3, 0.4) is 0 Å². The van der Waals surface area contributed by atoms with Gasteiger partial charge in [0.15, 0.2) is 17.2 Å². The Balaban J connectivity index is 1.61. The molecular formula is C17H16N2O6. The lowest BCUT2D eigenvalue weighted by atomic mass is 10.1. The predicted octanol–water partition coefficient (Wildman–Crippen LogP) is 2.30. The fourth-order valence-corrected chi connectivity index (χ4v) is 2.49. The van der Waals surface area contributed by atoms with E-state index in [0.717, 1.165) is 5.56 Å². The van der Waals surface area contributed by atoms with Gasteiger partial charge in [0.05, 0.1) is 12.0 Å². The highest BCUT2D eigenvalue weighted by atomic mass is 16.7. The largest absolute Gasteiger partial charge is 0.490 e. The molecule has 0 saturated carbocycles. The standard InChI is InChI=1S/C17H16N2O6/c1-23-14-5-3-12(9-13(14)19(21)22)17(20)18-7-6-11-2-4-15-16(8-11)25-10-24-15/h2-5,8-9H,6-7,10H2,1H3,(H,18,20). The lowest BCUT2D eigenvalue weighted by Crippen LogP contribution is -2.25. The van der Waals surface area contributed by atoms with Crippen LogP contribution < -0.4 is 19.5 Å². The Kier molecular flexibility index (Phi) is 4.69. The van der Waals surface area contributed by atoms with Crippen LogP contribution in [0.2, 0.25) is 0 Å². The van der Waals surface area contributed by atoms with Gasteiger partial charge in [-0.1, -0.05) is 6.07 Å². The maximum Gasteiger partial charge on any atom is 0.311 e. The monoisotopic (exact) mass is 344 g/mol. The summed E-state index contributed by atoms with van der Waals surface area (Å²) in [4.78, 5) is 22.6. The van der Waals surface area contributed by atoms with Crippen molar-refractivity contribution in [2.24, 2.45) is 0 Å². The van der Waals surface area contributed by atoms with E-state index in [1.165, 1.54) is 25.3 Å². The minimum absolute atomic E-state index is 0.113. The topological polar surface area (TPSA) is 99.9 Å². The molecule has 1 aliphatic rings. The van der Waals surface area contributed by atoms with Gasteiger partial charge < -0.3 is 19.5 Å². The van der Waals surface area contributed by atoms with Crippen molar-refractivity contribution in [2.75, 3.05) is 20.4 Å². The van der Waals surface area contributed by atoms with Crippen LogP contribution in [0.15, 0.2) is 36.4 Å². The molecule has 0 spiro atoms. The molecule has 0 aliphatic carbocycles. The average Bonchev–Trinajstić information content (AvgIpc) is 3.08. The van der Waals surface area contributed by atoms with E-state index in [4.69, 9.17) is 14.2 Å². The molecule has 3 rings (SSSR count). The highest BCUT2D eigenvalue weighted by Crippen LogP contribution is 2.32. The highest BCUT2D eigenvalue weighted by Gasteiger charge is 2.18. The predicted molar refractivity (Wildman–Crippen MR) is 88.3 cm³/mol. The Labute approximate surface area is 143 Å². The van der Waals surface area contributed by atoms with Crippen molar-refractivity contribution in [3.63, 3.8) is 0 Å². The number of hydrogen-bond acceptors (Lipinski definition) is 6. The summed E-state index contributed by atoms with van der Waals surface area (Å²) >= 11 is 0. The molecule has 0 fully saturated rings.